The molecular weight excluding hydrogens is 422 g/mol. The van der Waals surface area contributed by atoms with Crippen LogP contribution in [-0.2, 0) is 11.3 Å². The van der Waals surface area contributed by atoms with E-state index in [0.29, 0.717) is 32.0 Å². The van der Waals surface area contributed by atoms with E-state index in [1.54, 1.807) is 0 Å². The number of hydrogen-bond donors (Lipinski definition) is 0. The van der Waals surface area contributed by atoms with Gasteiger partial charge in [0.15, 0.2) is 0 Å². The summed E-state index contributed by atoms with van der Waals surface area (Å²) in [5.41, 5.74) is 5.40. The number of benzene rings is 3. The third-order valence-electron chi connectivity index (χ3n) is 6.63. The van der Waals surface area contributed by atoms with Crippen molar-refractivity contribution >= 4 is 22.6 Å². The number of rotatable bonds is 7. The van der Waals surface area contributed by atoms with Crippen LogP contribution in [0.1, 0.15) is 49.1 Å². The number of carbonyl (C=O) groups excluding carboxylic acids is 1. The van der Waals surface area contributed by atoms with Crippen LogP contribution in [0.3, 0.4) is 0 Å². The SMILES string of the molecule is Cc1ccc(N2CC(c3nc4ccccc4n3CCOc3ccccc3C(C)C)CC2=O)cc1. The van der Waals surface area contributed by atoms with Crippen molar-refractivity contribution in [2.75, 3.05) is 18.1 Å². The Morgan fingerprint density at radius 3 is 2.53 bits per heavy atom. The Kier molecular flexibility index (Phi) is 6.10. The van der Waals surface area contributed by atoms with E-state index in [2.05, 4.69) is 55.7 Å². The average molecular weight is 454 g/mol. The van der Waals surface area contributed by atoms with E-state index in [-0.39, 0.29) is 11.8 Å². The van der Waals surface area contributed by atoms with Gasteiger partial charge in [-0.1, -0.05) is 61.9 Å². The summed E-state index contributed by atoms with van der Waals surface area (Å²) in [6.45, 7) is 8.28. The van der Waals surface area contributed by atoms with Gasteiger partial charge in [0, 0.05) is 24.6 Å². The zero-order valence-electron chi connectivity index (χ0n) is 20.1. The molecule has 1 amide bonds. The van der Waals surface area contributed by atoms with Crippen LogP contribution in [0, 0.1) is 6.92 Å². The molecule has 1 aliphatic heterocycles. The number of aryl methyl sites for hydroxylation is 1. The fraction of sp³-hybridized carbons (Fsp3) is 0.310. The van der Waals surface area contributed by atoms with E-state index < -0.39 is 0 Å². The lowest BCUT2D eigenvalue weighted by Gasteiger charge is -2.18. The Morgan fingerprint density at radius 2 is 1.74 bits per heavy atom. The van der Waals surface area contributed by atoms with E-state index in [1.807, 2.05) is 47.4 Å². The number of nitrogens with zero attached hydrogens (tertiary/aromatic N) is 3. The summed E-state index contributed by atoms with van der Waals surface area (Å²) in [5, 5.41) is 0. The van der Waals surface area contributed by atoms with Gasteiger partial charge in [-0.25, -0.2) is 4.98 Å². The lowest BCUT2D eigenvalue weighted by atomic mass is 10.0. The highest BCUT2D eigenvalue weighted by molar-refractivity contribution is 5.96. The van der Waals surface area contributed by atoms with Gasteiger partial charge >= 0.3 is 0 Å². The lowest BCUT2D eigenvalue weighted by molar-refractivity contribution is -0.117. The van der Waals surface area contributed by atoms with Crippen molar-refractivity contribution in [2.24, 2.45) is 0 Å². The number of para-hydroxylation sites is 3. The molecule has 5 rings (SSSR count). The number of aromatic nitrogens is 2. The van der Waals surface area contributed by atoms with Crippen LogP contribution in [0.15, 0.2) is 72.8 Å². The second-order valence-electron chi connectivity index (χ2n) is 9.39. The van der Waals surface area contributed by atoms with Crippen molar-refractivity contribution in [1.29, 1.82) is 0 Å². The molecule has 1 aliphatic rings. The molecule has 0 radical (unpaired) electrons. The standard InChI is InChI=1S/C29H31N3O2/c1-20(2)24-8-4-7-11-27(24)34-17-16-31-26-10-6-5-9-25(26)30-29(31)22-18-28(33)32(19-22)23-14-12-21(3)13-15-23/h4-15,20,22H,16-19H2,1-3H3. The highest BCUT2D eigenvalue weighted by atomic mass is 16.5. The van der Waals surface area contributed by atoms with E-state index >= 15 is 0 Å². The fourth-order valence-corrected chi connectivity index (χ4v) is 4.83. The maximum absolute atomic E-state index is 12.9. The molecule has 34 heavy (non-hydrogen) atoms. The maximum Gasteiger partial charge on any atom is 0.227 e. The minimum atomic E-state index is 0.0455. The summed E-state index contributed by atoms with van der Waals surface area (Å²) < 4.78 is 8.48. The van der Waals surface area contributed by atoms with Crippen molar-refractivity contribution in [1.82, 2.24) is 9.55 Å². The van der Waals surface area contributed by atoms with Crippen molar-refractivity contribution in [3.8, 4) is 5.75 Å². The zero-order chi connectivity index (χ0) is 23.7. The van der Waals surface area contributed by atoms with Gasteiger partial charge in [-0.15, -0.1) is 0 Å². The predicted octanol–water partition coefficient (Wildman–Crippen LogP) is 6.07. The van der Waals surface area contributed by atoms with Gasteiger partial charge in [0.25, 0.3) is 0 Å². The Morgan fingerprint density at radius 1 is 1.00 bits per heavy atom. The molecule has 5 heteroatoms. The summed E-state index contributed by atoms with van der Waals surface area (Å²) in [5.74, 6) is 2.49. The van der Waals surface area contributed by atoms with Gasteiger partial charge in [0.05, 0.1) is 17.6 Å². The van der Waals surface area contributed by atoms with Crippen molar-refractivity contribution in [3.63, 3.8) is 0 Å². The Hall–Kier alpha value is -3.60. The molecule has 0 spiro atoms. The van der Waals surface area contributed by atoms with E-state index in [0.717, 1.165) is 28.3 Å². The van der Waals surface area contributed by atoms with Crippen molar-refractivity contribution in [2.45, 2.75) is 45.6 Å². The van der Waals surface area contributed by atoms with Crippen molar-refractivity contribution in [3.05, 3.63) is 89.7 Å². The molecule has 2 heterocycles. The highest BCUT2D eigenvalue weighted by Gasteiger charge is 2.34. The average Bonchev–Trinajstić information content (AvgIpc) is 3.40. The minimum absolute atomic E-state index is 0.0455. The summed E-state index contributed by atoms with van der Waals surface area (Å²) in [6, 6.07) is 24.6. The molecule has 4 aromatic rings. The molecule has 1 atom stereocenters. The fourth-order valence-electron chi connectivity index (χ4n) is 4.83. The summed E-state index contributed by atoms with van der Waals surface area (Å²) in [6.07, 6.45) is 0.467. The quantitative estimate of drug-likeness (QED) is 0.341. The molecular formula is C29H31N3O2. The smallest absolute Gasteiger partial charge is 0.227 e. The molecule has 174 valence electrons. The first-order valence-electron chi connectivity index (χ1n) is 12.0. The number of ether oxygens (including phenoxy) is 1. The largest absolute Gasteiger partial charge is 0.491 e. The van der Waals surface area contributed by atoms with Gasteiger partial charge in [0.2, 0.25) is 5.91 Å². The number of imidazole rings is 1. The predicted molar refractivity (Wildman–Crippen MR) is 137 cm³/mol. The third kappa shape index (κ3) is 4.30. The third-order valence-corrected chi connectivity index (χ3v) is 6.63. The Balaban J connectivity index is 1.40. The monoisotopic (exact) mass is 453 g/mol. The highest BCUT2D eigenvalue weighted by Crippen LogP contribution is 2.33. The normalized spacial score (nSPS) is 16.1. The van der Waals surface area contributed by atoms with E-state index in [4.69, 9.17) is 9.72 Å². The van der Waals surface area contributed by atoms with Crippen LogP contribution in [0.25, 0.3) is 11.0 Å². The van der Waals surface area contributed by atoms with Gasteiger partial charge in [-0.05, 0) is 48.7 Å². The van der Waals surface area contributed by atoms with Crippen LogP contribution in [0.5, 0.6) is 5.75 Å². The van der Waals surface area contributed by atoms with Gasteiger partial charge < -0.3 is 14.2 Å². The molecule has 0 N–H and O–H groups in total. The first-order chi connectivity index (χ1) is 16.5. The molecule has 1 fully saturated rings. The number of amides is 1. The maximum atomic E-state index is 12.9. The van der Waals surface area contributed by atoms with Gasteiger partial charge in [-0.2, -0.15) is 0 Å². The molecule has 1 unspecified atom stereocenters. The number of carbonyl (C=O) groups is 1. The van der Waals surface area contributed by atoms with Crippen LogP contribution in [0.4, 0.5) is 5.69 Å². The topological polar surface area (TPSA) is 47.4 Å². The molecule has 5 nitrogen and oxygen atoms in total. The second-order valence-corrected chi connectivity index (χ2v) is 9.39. The Bertz CT molecular complexity index is 1310. The van der Waals surface area contributed by atoms with E-state index in [9.17, 15) is 4.79 Å². The first kappa shape index (κ1) is 22.2. The van der Waals surface area contributed by atoms with Crippen LogP contribution < -0.4 is 9.64 Å². The van der Waals surface area contributed by atoms with Crippen molar-refractivity contribution < 1.29 is 9.53 Å². The minimum Gasteiger partial charge on any atom is -0.491 e. The zero-order valence-corrected chi connectivity index (χ0v) is 20.1. The van der Waals surface area contributed by atoms with Crippen LogP contribution in [-0.4, -0.2) is 28.6 Å². The lowest BCUT2D eigenvalue weighted by Crippen LogP contribution is -2.24. The first-order valence-corrected chi connectivity index (χ1v) is 12.0. The Labute approximate surface area is 201 Å². The summed E-state index contributed by atoms with van der Waals surface area (Å²) >= 11 is 0. The summed E-state index contributed by atoms with van der Waals surface area (Å²) in [7, 11) is 0. The molecule has 0 bridgehead atoms. The molecule has 0 saturated carbocycles. The van der Waals surface area contributed by atoms with Crippen LogP contribution in [0.2, 0.25) is 0 Å². The second kappa shape index (κ2) is 9.34. The van der Waals surface area contributed by atoms with Crippen LogP contribution >= 0.6 is 0 Å². The number of hydrogen-bond acceptors (Lipinski definition) is 3. The van der Waals surface area contributed by atoms with E-state index in [1.165, 1.54) is 11.1 Å². The summed E-state index contributed by atoms with van der Waals surface area (Å²) in [4.78, 5) is 19.8. The molecule has 0 aliphatic carbocycles. The molecule has 3 aromatic carbocycles. The molecule has 1 saturated heterocycles. The van der Waals surface area contributed by atoms with Gasteiger partial charge in [0.1, 0.15) is 18.2 Å². The molecule has 1 aromatic heterocycles. The number of fused-ring (bicyclic) bond motifs is 1. The van der Waals surface area contributed by atoms with Gasteiger partial charge in [-0.3, -0.25) is 4.79 Å². The number of anilines is 1.